The average Bonchev–Trinajstić information content (AvgIpc) is 2.61. The SMILES string of the molecule is O=C([O-])COc1ccc2ccccc2c1.OCC=[N+](CCO)CCO. The lowest BCUT2D eigenvalue weighted by molar-refractivity contribution is -0.529. The summed E-state index contributed by atoms with van der Waals surface area (Å²) >= 11 is 0. The summed E-state index contributed by atoms with van der Waals surface area (Å²) in [4.78, 5) is 10.2. The van der Waals surface area contributed by atoms with Crippen LogP contribution in [0.1, 0.15) is 0 Å². The number of carboxylic acids is 1. The van der Waals surface area contributed by atoms with Crippen LogP contribution in [-0.2, 0) is 4.79 Å². The van der Waals surface area contributed by atoms with E-state index in [1.165, 1.54) is 6.21 Å². The van der Waals surface area contributed by atoms with Crippen molar-refractivity contribution in [2.75, 3.05) is 39.5 Å². The van der Waals surface area contributed by atoms with Crippen LogP contribution in [0.15, 0.2) is 42.5 Å². The molecule has 3 N–H and O–H groups in total. The molecule has 2 aromatic carbocycles. The summed E-state index contributed by atoms with van der Waals surface area (Å²) in [6, 6.07) is 13.2. The van der Waals surface area contributed by atoms with Crippen molar-refractivity contribution in [1.82, 2.24) is 0 Å². The summed E-state index contributed by atoms with van der Waals surface area (Å²) in [7, 11) is 0. The number of hydrogen-bond donors (Lipinski definition) is 3. The van der Waals surface area contributed by atoms with Crippen LogP contribution in [0.2, 0.25) is 0 Å². The van der Waals surface area contributed by atoms with Gasteiger partial charge in [-0.3, -0.25) is 0 Å². The number of aliphatic hydroxyl groups is 3. The van der Waals surface area contributed by atoms with E-state index < -0.39 is 12.6 Å². The van der Waals surface area contributed by atoms with Gasteiger partial charge in [0.2, 0.25) is 0 Å². The largest absolute Gasteiger partial charge is 0.546 e. The zero-order valence-electron chi connectivity index (χ0n) is 13.9. The van der Waals surface area contributed by atoms with Crippen molar-refractivity contribution >= 4 is 23.0 Å². The minimum Gasteiger partial charge on any atom is -0.546 e. The summed E-state index contributed by atoms with van der Waals surface area (Å²) < 4.78 is 6.68. The standard InChI is InChI=1S/C12H10O3.C6H14NO3/c13-12(14)8-15-11-6-5-9-3-1-2-4-10(9)7-11;8-4-1-7(2-5-9)3-6-10/h1-7H,8H2,(H,13,14);1,8-10H,2-6H2/q;+1/p-1. The van der Waals surface area contributed by atoms with Crippen molar-refractivity contribution in [2.45, 2.75) is 0 Å². The van der Waals surface area contributed by atoms with Crippen LogP contribution in [0.3, 0.4) is 0 Å². The number of hydrogen-bond acceptors (Lipinski definition) is 6. The zero-order chi connectivity index (χ0) is 18.5. The molecule has 0 radical (unpaired) electrons. The molecule has 136 valence electrons. The van der Waals surface area contributed by atoms with Gasteiger partial charge in [-0.15, -0.1) is 0 Å². The highest BCUT2D eigenvalue weighted by Gasteiger charge is 1.99. The van der Waals surface area contributed by atoms with E-state index in [0.717, 1.165) is 10.8 Å². The monoisotopic (exact) mass is 349 g/mol. The number of fused-ring (bicyclic) bond motifs is 1. The molecule has 0 aliphatic heterocycles. The fraction of sp³-hybridized carbons (Fsp3) is 0.333. The Bertz CT molecular complexity index is 678. The zero-order valence-corrected chi connectivity index (χ0v) is 13.9. The molecule has 0 spiro atoms. The Morgan fingerprint density at radius 1 is 1.04 bits per heavy atom. The molecule has 0 fully saturated rings. The topological polar surface area (TPSA) is 113 Å². The van der Waals surface area contributed by atoms with Gasteiger partial charge in [0.15, 0.2) is 19.3 Å². The number of aliphatic carboxylic acids is 1. The van der Waals surface area contributed by atoms with Gasteiger partial charge < -0.3 is 30.0 Å². The molecule has 0 aromatic heterocycles. The van der Waals surface area contributed by atoms with Crippen molar-refractivity contribution in [3.05, 3.63) is 42.5 Å². The van der Waals surface area contributed by atoms with E-state index >= 15 is 0 Å². The second kappa shape index (κ2) is 12.0. The van der Waals surface area contributed by atoms with Crippen LogP contribution in [0.25, 0.3) is 10.8 Å². The maximum Gasteiger partial charge on any atom is 0.165 e. The highest BCUT2D eigenvalue weighted by atomic mass is 16.5. The molecular weight excluding hydrogens is 326 g/mol. The van der Waals surface area contributed by atoms with Gasteiger partial charge in [-0.25, -0.2) is 4.58 Å². The summed E-state index contributed by atoms with van der Waals surface area (Å²) in [5, 5.41) is 37.7. The first-order chi connectivity index (χ1) is 12.1. The summed E-state index contributed by atoms with van der Waals surface area (Å²) in [6.07, 6.45) is 1.53. The van der Waals surface area contributed by atoms with E-state index in [-0.39, 0.29) is 19.8 Å². The Hall–Kier alpha value is -2.48. The van der Waals surface area contributed by atoms with Gasteiger partial charge in [0, 0.05) is 0 Å². The van der Waals surface area contributed by atoms with Crippen LogP contribution >= 0.6 is 0 Å². The third-order valence-corrected chi connectivity index (χ3v) is 3.19. The molecule has 7 nitrogen and oxygen atoms in total. The quantitative estimate of drug-likeness (QED) is 0.417. The highest BCUT2D eigenvalue weighted by molar-refractivity contribution is 5.83. The van der Waals surface area contributed by atoms with Crippen LogP contribution in [0.4, 0.5) is 0 Å². The smallest absolute Gasteiger partial charge is 0.165 e. The minimum atomic E-state index is -1.22. The fourth-order valence-corrected chi connectivity index (χ4v) is 2.07. The molecule has 0 saturated heterocycles. The third-order valence-electron chi connectivity index (χ3n) is 3.19. The molecule has 0 atom stereocenters. The lowest BCUT2D eigenvalue weighted by atomic mass is 10.1. The van der Waals surface area contributed by atoms with E-state index in [1.807, 2.05) is 30.3 Å². The molecule has 7 heteroatoms. The Labute approximate surface area is 146 Å². The normalized spacial score (nSPS) is 9.88. The Kier molecular flexibility index (Phi) is 9.84. The Balaban J connectivity index is 0.000000275. The number of rotatable bonds is 8. The maximum absolute atomic E-state index is 10.2. The highest BCUT2D eigenvalue weighted by Crippen LogP contribution is 2.20. The van der Waals surface area contributed by atoms with Gasteiger partial charge >= 0.3 is 0 Å². The molecule has 0 unspecified atom stereocenters. The van der Waals surface area contributed by atoms with E-state index in [9.17, 15) is 9.90 Å². The van der Waals surface area contributed by atoms with Crippen molar-refractivity contribution in [1.29, 1.82) is 0 Å². The van der Waals surface area contributed by atoms with Crippen molar-refractivity contribution in [2.24, 2.45) is 0 Å². The molecule has 0 aliphatic rings. The van der Waals surface area contributed by atoms with Crippen molar-refractivity contribution in [3.8, 4) is 5.75 Å². The van der Waals surface area contributed by atoms with Crippen LogP contribution in [-0.4, -0.2) is 71.6 Å². The predicted octanol–water partition coefficient (Wildman–Crippen LogP) is -0.985. The van der Waals surface area contributed by atoms with Crippen LogP contribution in [0.5, 0.6) is 5.75 Å². The van der Waals surface area contributed by atoms with Crippen molar-refractivity contribution in [3.63, 3.8) is 0 Å². The van der Waals surface area contributed by atoms with E-state index in [4.69, 9.17) is 20.1 Å². The number of carboxylic acid groups (broad SMARTS) is 1. The second-order valence-corrected chi connectivity index (χ2v) is 5.02. The Morgan fingerprint density at radius 3 is 2.24 bits per heavy atom. The summed E-state index contributed by atoms with van der Waals surface area (Å²) in [5.41, 5.74) is 0. The summed E-state index contributed by atoms with van der Waals surface area (Å²) in [6.45, 7) is 0.521. The van der Waals surface area contributed by atoms with E-state index in [0.29, 0.717) is 18.8 Å². The number of carbonyl (C=O) groups excluding carboxylic acids is 1. The van der Waals surface area contributed by atoms with Gasteiger partial charge in [-0.2, -0.15) is 0 Å². The summed E-state index contributed by atoms with van der Waals surface area (Å²) in [5.74, 6) is -0.680. The lowest BCUT2D eigenvalue weighted by Crippen LogP contribution is -2.28. The van der Waals surface area contributed by atoms with Gasteiger partial charge in [0.1, 0.15) is 32.2 Å². The third kappa shape index (κ3) is 8.25. The fourth-order valence-electron chi connectivity index (χ4n) is 2.07. The molecular formula is C18H23NO6. The first-order valence-electron chi connectivity index (χ1n) is 7.82. The second-order valence-electron chi connectivity index (χ2n) is 5.02. The van der Waals surface area contributed by atoms with Gasteiger partial charge in [0.05, 0.1) is 5.97 Å². The van der Waals surface area contributed by atoms with Crippen LogP contribution in [0, 0.1) is 0 Å². The number of benzene rings is 2. The molecule has 0 saturated carbocycles. The first-order valence-corrected chi connectivity index (χ1v) is 7.82. The number of aliphatic hydroxyl groups excluding tert-OH is 3. The molecule has 0 aliphatic carbocycles. The molecule has 0 amide bonds. The molecule has 2 rings (SSSR count). The minimum absolute atomic E-state index is 0.0382. The Morgan fingerprint density at radius 2 is 1.68 bits per heavy atom. The maximum atomic E-state index is 10.2. The lowest BCUT2D eigenvalue weighted by Gasteiger charge is -2.07. The van der Waals surface area contributed by atoms with Crippen molar-refractivity contribution < 1.29 is 34.5 Å². The number of nitrogens with zero attached hydrogens (tertiary/aromatic N) is 1. The molecule has 2 aromatic rings. The molecule has 25 heavy (non-hydrogen) atoms. The number of carbonyl (C=O) groups is 1. The van der Waals surface area contributed by atoms with E-state index in [1.54, 1.807) is 16.7 Å². The number of ether oxygens (including phenoxy) is 1. The molecule has 0 bridgehead atoms. The predicted molar refractivity (Wildman–Crippen MR) is 91.8 cm³/mol. The average molecular weight is 349 g/mol. The molecule has 0 heterocycles. The van der Waals surface area contributed by atoms with E-state index in [2.05, 4.69) is 0 Å². The van der Waals surface area contributed by atoms with Crippen LogP contribution < -0.4 is 9.84 Å². The van der Waals surface area contributed by atoms with Gasteiger partial charge in [-0.1, -0.05) is 30.3 Å². The first kappa shape index (κ1) is 20.6. The van der Waals surface area contributed by atoms with Gasteiger partial charge in [0.25, 0.3) is 0 Å². The van der Waals surface area contributed by atoms with Gasteiger partial charge in [-0.05, 0) is 22.9 Å².